The largest absolute Gasteiger partial charge is 0.472 e. The number of hydrogen-bond donors (Lipinski definition) is 1. The first-order valence-electron chi connectivity index (χ1n) is 4.91. The zero-order valence-corrected chi connectivity index (χ0v) is 8.45. The molecule has 0 aliphatic rings. The second-order valence-corrected chi connectivity index (χ2v) is 3.54. The Morgan fingerprint density at radius 3 is 3.12 bits per heavy atom. The van der Waals surface area contributed by atoms with E-state index in [1.807, 2.05) is 6.07 Å². The minimum Gasteiger partial charge on any atom is -0.472 e. The predicted molar refractivity (Wildman–Crippen MR) is 57.7 cm³/mol. The molecule has 0 amide bonds. The second kappa shape index (κ2) is 3.46. The van der Waals surface area contributed by atoms with E-state index in [9.17, 15) is 0 Å². The Morgan fingerprint density at radius 2 is 2.31 bits per heavy atom. The monoisotopic (exact) mass is 214 g/mol. The fourth-order valence-electron chi connectivity index (χ4n) is 1.72. The van der Waals surface area contributed by atoms with Gasteiger partial charge in [-0.25, -0.2) is 4.52 Å². The van der Waals surface area contributed by atoms with Crippen molar-refractivity contribution >= 4 is 5.52 Å². The summed E-state index contributed by atoms with van der Waals surface area (Å²) < 4.78 is 6.78. The number of aromatic nitrogens is 3. The molecular weight excluding hydrogens is 204 g/mol. The molecule has 3 aromatic rings. The quantitative estimate of drug-likeness (QED) is 0.699. The van der Waals surface area contributed by atoms with Crippen LogP contribution in [0.25, 0.3) is 5.52 Å². The van der Waals surface area contributed by atoms with Gasteiger partial charge in [0.25, 0.3) is 0 Å². The summed E-state index contributed by atoms with van der Waals surface area (Å²) in [4.78, 5) is 4.07. The molecule has 1 atom stereocenters. The van der Waals surface area contributed by atoms with Crippen LogP contribution in [-0.4, -0.2) is 14.6 Å². The maximum atomic E-state index is 6.13. The molecule has 0 saturated carbocycles. The number of furan rings is 1. The summed E-state index contributed by atoms with van der Waals surface area (Å²) in [6.07, 6.45) is 10.2. The van der Waals surface area contributed by atoms with Gasteiger partial charge in [-0.3, -0.25) is 4.98 Å². The molecule has 2 N–H and O–H groups in total. The smallest absolute Gasteiger partial charge is 0.0953 e. The fourth-order valence-corrected chi connectivity index (χ4v) is 1.72. The molecule has 5 nitrogen and oxygen atoms in total. The highest BCUT2D eigenvalue weighted by atomic mass is 16.3. The molecule has 3 heterocycles. The van der Waals surface area contributed by atoms with Crippen molar-refractivity contribution in [3.05, 3.63) is 54.5 Å². The first-order chi connectivity index (χ1) is 7.86. The summed E-state index contributed by atoms with van der Waals surface area (Å²) in [5.41, 5.74) is 8.91. The maximum Gasteiger partial charge on any atom is 0.0953 e. The molecular formula is C11H10N4O. The number of fused-ring (bicyclic) bond motifs is 1. The standard InChI is InChI=1S/C11H10N4O/c12-11(8-1-4-16-7-8)9-5-14-15-3-2-13-6-10(9)15/h1-7,11H,12H2. The van der Waals surface area contributed by atoms with Crippen molar-refractivity contribution in [1.29, 1.82) is 0 Å². The Hall–Kier alpha value is -2.14. The van der Waals surface area contributed by atoms with E-state index in [0.29, 0.717) is 0 Å². The van der Waals surface area contributed by atoms with E-state index < -0.39 is 0 Å². The Bertz CT molecular complexity index is 599. The Labute approximate surface area is 91.5 Å². The second-order valence-electron chi connectivity index (χ2n) is 3.54. The van der Waals surface area contributed by atoms with Crippen molar-refractivity contribution in [3.63, 3.8) is 0 Å². The van der Waals surface area contributed by atoms with Crippen LogP contribution in [0.2, 0.25) is 0 Å². The van der Waals surface area contributed by atoms with Crippen LogP contribution in [0.3, 0.4) is 0 Å². The van der Waals surface area contributed by atoms with Gasteiger partial charge in [0.1, 0.15) is 0 Å². The van der Waals surface area contributed by atoms with E-state index in [1.165, 1.54) is 0 Å². The highest BCUT2D eigenvalue weighted by Gasteiger charge is 2.15. The van der Waals surface area contributed by atoms with Gasteiger partial charge in [0.2, 0.25) is 0 Å². The third-order valence-corrected chi connectivity index (χ3v) is 2.59. The lowest BCUT2D eigenvalue weighted by Crippen LogP contribution is -2.10. The summed E-state index contributed by atoms with van der Waals surface area (Å²) >= 11 is 0. The van der Waals surface area contributed by atoms with E-state index in [-0.39, 0.29) is 6.04 Å². The zero-order chi connectivity index (χ0) is 11.0. The number of nitrogens with two attached hydrogens (primary N) is 1. The molecule has 0 radical (unpaired) electrons. The van der Waals surface area contributed by atoms with Crippen molar-refractivity contribution in [1.82, 2.24) is 14.6 Å². The van der Waals surface area contributed by atoms with Crippen molar-refractivity contribution in [2.75, 3.05) is 0 Å². The van der Waals surface area contributed by atoms with Crippen molar-refractivity contribution in [2.24, 2.45) is 5.73 Å². The van der Waals surface area contributed by atoms with Gasteiger partial charge in [-0.15, -0.1) is 0 Å². The number of rotatable bonds is 2. The summed E-state index contributed by atoms with van der Waals surface area (Å²) in [5.74, 6) is 0. The molecule has 1 unspecified atom stereocenters. The van der Waals surface area contributed by atoms with Crippen molar-refractivity contribution in [3.8, 4) is 0 Å². The molecule has 0 saturated heterocycles. The molecule has 5 heteroatoms. The summed E-state index contributed by atoms with van der Waals surface area (Å²) in [6, 6.07) is 1.62. The Morgan fingerprint density at radius 1 is 1.38 bits per heavy atom. The molecule has 0 fully saturated rings. The van der Waals surface area contributed by atoms with Crippen LogP contribution in [-0.2, 0) is 0 Å². The summed E-state index contributed by atoms with van der Waals surface area (Å²) in [7, 11) is 0. The molecule has 0 aromatic carbocycles. The van der Waals surface area contributed by atoms with Gasteiger partial charge >= 0.3 is 0 Å². The van der Waals surface area contributed by atoms with Gasteiger partial charge in [-0.2, -0.15) is 5.10 Å². The van der Waals surface area contributed by atoms with E-state index in [2.05, 4.69) is 10.1 Å². The van der Waals surface area contributed by atoms with Gasteiger partial charge in [0, 0.05) is 23.5 Å². The van der Waals surface area contributed by atoms with Crippen LogP contribution in [0.4, 0.5) is 0 Å². The lowest BCUT2D eigenvalue weighted by atomic mass is 10.0. The molecule has 0 spiro atoms. The van der Waals surface area contributed by atoms with E-state index in [4.69, 9.17) is 10.2 Å². The third kappa shape index (κ3) is 1.30. The average molecular weight is 214 g/mol. The minimum absolute atomic E-state index is 0.236. The molecule has 0 aliphatic carbocycles. The van der Waals surface area contributed by atoms with Gasteiger partial charge in [0.05, 0.1) is 36.5 Å². The first kappa shape index (κ1) is 9.11. The zero-order valence-electron chi connectivity index (χ0n) is 8.45. The lowest BCUT2D eigenvalue weighted by molar-refractivity contribution is 0.562. The fraction of sp³-hybridized carbons (Fsp3) is 0.0909. The normalized spacial score (nSPS) is 13.1. The van der Waals surface area contributed by atoms with E-state index >= 15 is 0 Å². The van der Waals surface area contributed by atoms with Crippen molar-refractivity contribution in [2.45, 2.75) is 6.04 Å². The van der Waals surface area contributed by atoms with Crippen LogP contribution >= 0.6 is 0 Å². The highest BCUT2D eigenvalue weighted by Crippen LogP contribution is 2.23. The predicted octanol–water partition coefficient (Wildman–Crippen LogP) is 1.37. The third-order valence-electron chi connectivity index (χ3n) is 2.59. The average Bonchev–Trinajstić information content (AvgIpc) is 2.98. The molecule has 0 bridgehead atoms. The molecule has 3 aromatic heterocycles. The van der Waals surface area contributed by atoms with Crippen LogP contribution in [0.5, 0.6) is 0 Å². The molecule has 80 valence electrons. The SMILES string of the molecule is NC(c1ccoc1)c1cnn2ccncc12. The van der Waals surface area contributed by atoms with Gasteiger partial charge in [-0.1, -0.05) is 0 Å². The van der Waals surface area contributed by atoms with Crippen LogP contribution < -0.4 is 5.73 Å². The number of nitrogens with zero attached hydrogens (tertiary/aromatic N) is 3. The van der Waals surface area contributed by atoms with E-state index in [0.717, 1.165) is 16.6 Å². The maximum absolute atomic E-state index is 6.13. The van der Waals surface area contributed by atoms with Crippen LogP contribution in [0.1, 0.15) is 17.2 Å². The Kier molecular flexibility index (Phi) is 1.97. The highest BCUT2D eigenvalue weighted by molar-refractivity contribution is 5.55. The van der Waals surface area contributed by atoms with Crippen LogP contribution in [0, 0.1) is 0 Å². The van der Waals surface area contributed by atoms with Gasteiger partial charge in [-0.05, 0) is 6.07 Å². The Balaban J connectivity index is 2.12. The first-order valence-corrected chi connectivity index (χ1v) is 4.91. The minimum atomic E-state index is -0.236. The lowest BCUT2D eigenvalue weighted by Gasteiger charge is -2.06. The van der Waals surface area contributed by atoms with Gasteiger partial charge < -0.3 is 10.2 Å². The van der Waals surface area contributed by atoms with E-state index in [1.54, 1.807) is 41.8 Å². The molecule has 3 rings (SSSR count). The van der Waals surface area contributed by atoms with Crippen molar-refractivity contribution < 1.29 is 4.42 Å². The van der Waals surface area contributed by atoms with Crippen LogP contribution in [0.15, 0.2) is 47.8 Å². The molecule has 0 aliphatic heterocycles. The summed E-state index contributed by atoms with van der Waals surface area (Å²) in [6.45, 7) is 0. The van der Waals surface area contributed by atoms with Gasteiger partial charge in [0.15, 0.2) is 0 Å². The molecule has 16 heavy (non-hydrogen) atoms. The summed E-state index contributed by atoms with van der Waals surface area (Å²) in [5, 5.41) is 4.22. The topological polar surface area (TPSA) is 69.3 Å². The number of hydrogen-bond acceptors (Lipinski definition) is 4.